The fraction of sp³-hybridized carbons (Fsp3) is 0.0392. The Bertz CT molecular complexity index is 3050. The van der Waals surface area contributed by atoms with E-state index >= 15 is 0 Å². The molecule has 268 valence electrons. The SMILES string of the molecule is NC(=NC(c1ccccc1)[C@H](N)c1cccc(-n2c3ccccc3c3cc(-c4ccc5c6ccccc6n(-c6ccccc6)c5c4)ccc32)c1)c1ccccc1. The highest BCUT2D eigenvalue weighted by molar-refractivity contribution is 6.12. The minimum absolute atomic E-state index is 0.384. The highest BCUT2D eigenvalue weighted by Crippen LogP contribution is 2.39. The number of aliphatic imine (C=N–C) groups is 1. The van der Waals surface area contributed by atoms with Crippen LogP contribution >= 0.6 is 0 Å². The Balaban J connectivity index is 1.08. The largest absolute Gasteiger partial charge is 0.383 e. The maximum absolute atomic E-state index is 7.17. The number of benzene rings is 8. The Morgan fingerprint density at radius 1 is 0.411 bits per heavy atom. The van der Waals surface area contributed by atoms with Gasteiger partial charge in [0.2, 0.25) is 0 Å². The van der Waals surface area contributed by atoms with Crippen molar-refractivity contribution in [3.8, 4) is 22.5 Å². The summed E-state index contributed by atoms with van der Waals surface area (Å²) in [6.45, 7) is 0. The molecule has 2 heterocycles. The molecule has 0 bridgehead atoms. The highest BCUT2D eigenvalue weighted by atomic mass is 15.0. The van der Waals surface area contributed by atoms with Crippen LogP contribution in [0.25, 0.3) is 66.1 Å². The second-order valence-corrected chi connectivity index (χ2v) is 14.4. The summed E-state index contributed by atoms with van der Waals surface area (Å²) in [5.41, 5.74) is 25.8. The molecule has 2 atom stereocenters. The number of nitrogens with two attached hydrogens (primary N) is 2. The summed E-state index contributed by atoms with van der Waals surface area (Å²) in [5.74, 6) is 0.463. The Hall–Kier alpha value is -7.21. The smallest absolute Gasteiger partial charge is 0.126 e. The number of hydrogen-bond acceptors (Lipinski definition) is 2. The van der Waals surface area contributed by atoms with Crippen LogP contribution in [0, 0.1) is 0 Å². The van der Waals surface area contributed by atoms with Crippen molar-refractivity contribution in [1.29, 1.82) is 0 Å². The third kappa shape index (κ3) is 5.74. The molecule has 0 saturated carbocycles. The second-order valence-electron chi connectivity index (χ2n) is 14.4. The molecule has 5 heteroatoms. The molecule has 0 aliphatic carbocycles. The first-order chi connectivity index (χ1) is 27.6. The van der Waals surface area contributed by atoms with Crippen molar-refractivity contribution < 1.29 is 0 Å². The van der Waals surface area contributed by atoms with Crippen molar-refractivity contribution in [1.82, 2.24) is 9.13 Å². The predicted octanol–water partition coefficient (Wildman–Crippen LogP) is 11.7. The zero-order valence-electron chi connectivity index (χ0n) is 30.7. The van der Waals surface area contributed by atoms with Crippen molar-refractivity contribution >= 4 is 49.4 Å². The van der Waals surface area contributed by atoms with Crippen molar-refractivity contribution in [2.75, 3.05) is 0 Å². The standard InChI is InChI=1S/C51H39N5/c52-49(50(34-15-4-1-5-16-34)54-51(53)35-17-6-2-7-18-35)38-19-14-22-40(31-38)56-46-26-13-11-24-42(46)44-32-36(28-30-47(44)56)37-27-29-43-41-23-10-12-25-45(41)55(48(43)33-37)39-20-8-3-9-21-39/h1-33,49-50H,52H2,(H2,53,54)/t49-,50?/m1/s1. The summed E-state index contributed by atoms with van der Waals surface area (Å²) in [6, 6.07) is 69.4. The summed E-state index contributed by atoms with van der Waals surface area (Å²) in [5, 5.41) is 4.88. The number of nitrogens with zero attached hydrogens (tertiary/aromatic N) is 3. The summed E-state index contributed by atoms with van der Waals surface area (Å²) in [6.07, 6.45) is 0. The van der Waals surface area contributed by atoms with Gasteiger partial charge in [-0.15, -0.1) is 0 Å². The first-order valence-electron chi connectivity index (χ1n) is 19.0. The van der Waals surface area contributed by atoms with Gasteiger partial charge >= 0.3 is 0 Å². The molecule has 0 fully saturated rings. The number of amidine groups is 1. The molecule has 0 aliphatic heterocycles. The zero-order valence-corrected chi connectivity index (χ0v) is 30.7. The fourth-order valence-electron chi connectivity index (χ4n) is 8.34. The molecule has 0 spiro atoms. The minimum Gasteiger partial charge on any atom is -0.383 e. The molecular weight excluding hydrogens is 683 g/mol. The van der Waals surface area contributed by atoms with Gasteiger partial charge in [0.25, 0.3) is 0 Å². The Morgan fingerprint density at radius 2 is 0.929 bits per heavy atom. The van der Waals surface area contributed by atoms with E-state index < -0.39 is 6.04 Å². The van der Waals surface area contributed by atoms with Crippen molar-refractivity contribution in [3.63, 3.8) is 0 Å². The lowest BCUT2D eigenvalue weighted by atomic mass is 9.94. The van der Waals surface area contributed by atoms with E-state index in [1.807, 2.05) is 48.5 Å². The number of rotatable bonds is 8. The molecule has 10 aromatic rings. The predicted molar refractivity (Wildman–Crippen MR) is 234 cm³/mol. The average molecular weight is 722 g/mol. The summed E-state index contributed by atoms with van der Waals surface area (Å²) in [4.78, 5) is 5.04. The molecule has 8 aromatic carbocycles. The molecule has 1 unspecified atom stereocenters. The first kappa shape index (κ1) is 33.4. The van der Waals surface area contributed by atoms with E-state index in [1.165, 1.54) is 43.7 Å². The monoisotopic (exact) mass is 721 g/mol. The third-order valence-electron chi connectivity index (χ3n) is 11.0. The van der Waals surface area contributed by atoms with Gasteiger partial charge in [0.1, 0.15) is 5.84 Å². The molecule has 0 radical (unpaired) electrons. The summed E-state index contributed by atoms with van der Waals surface area (Å²) < 4.78 is 4.72. The zero-order chi connectivity index (χ0) is 37.6. The summed E-state index contributed by atoms with van der Waals surface area (Å²) in [7, 11) is 0. The van der Waals surface area contributed by atoms with E-state index in [0.717, 1.165) is 39.1 Å². The van der Waals surface area contributed by atoms with Gasteiger partial charge in [-0.2, -0.15) is 0 Å². The van der Waals surface area contributed by atoms with Crippen LogP contribution in [0.4, 0.5) is 0 Å². The maximum Gasteiger partial charge on any atom is 0.126 e. The van der Waals surface area contributed by atoms with Gasteiger partial charge in [-0.3, -0.25) is 4.99 Å². The highest BCUT2D eigenvalue weighted by Gasteiger charge is 2.23. The third-order valence-corrected chi connectivity index (χ3v) is 11.0. The van der Waals surface area contributed by atoms with Gasteiger partial charge < -0.3 is 20.6 Å². The fourth-order valence-corrected chi connectivity index (χ4v) is 8.34. The van der Waals surface area contributed by atoms with Crippen LogP contribution in [0.1, 0.15) is 28.8 Å². The van der Waals surface area contributed by atoms with Crippen LogP contribution < -0.4 is 11.5 Å². The van der Waals surface area contributed by atoms with E-state index in [1.54, 1.807) is 0 Å². The van der Waals surface area contributed by atoms with Crippen LogP contribution in [0.3, 0.4) is 0 Å². The van der Waals surface area contributed by atoms with Gasteiger partial charge in [-0.05, 0) is 76.9 Å². The molecule has 0 saturated heterocycles. The lowest BCUT2D eigenvalue weighted by molar-refractivity contribution is 0.576. The van der Waals surface area contributed by atoms with Crippen LogP contribution in [0.15, 0.2) is 205 Å². The Morgan fingerprint density at radius 3 is 1.66 bits per heavy atom. The number of para-hydroxylation sites is 3. The quantitative estimate of drug-likeness (QED) is 0.121. The molecule has 0 aliphatic rings. The van der Waals surface area contributed by atoms with E-state index in [2.05, 4.69) is 161 Å². The minimum atomic E-state index is -0.444. The first-order valence-corrected chi connectivity index (χ1v) is 19.0. The summed E-state index contributed by atoms with van der Waals surface area (Å²) >= 11 is 0. The van der Waals surface area contributed by atoms with E-state index in [9.17, 15) is 0 Å². The van der Waals surface area contributed by atoms with Gasteiger partial charge in [0.15, 0.2) is 0 Å². The van der Waals surface area contributed by atoms with E-state index in [0.29, 0.717) is 5.84 Å². The number of aromatic nitrogens is 2. The van der Waals surface area contributed by atoms with Gasteiger partial charge in [0, 0.05) is 38.5 Å². The molecule has 5 nitrogen and oxygen atoms in total. The average Bonchev–Trinajstić information content (AvgIpc) is 3.78. The molecular formula is C51H39N5. The van der Waals surface area contributed by atoms with Gasteiger partial charge in [-0.25, -0.2) is 0 Å². The van der Waals surface area contributed by atoms with Crippen LogP contribution in [-0.4, -0.2) is 15.0 Å². The van der Waals surface area contributed by atoms with Crippen molar-refractivity contribution in [2.24, 2.45) is 16.5 Å². The van der Waals surface area contributed by atoms with Crippen molar-refractivity contribution in [2.45, 2.75) is 12.1 Å². The van der Waals surface area contributed by atoms with Crippen molar-refractivity contribution in [3.05, 3.63) is 217 Å². The topological polar surface area (TPSA) is 74.3 Å². The Labute approximate surface area is 325 Å². The normalized spacial score (nSPS) is 13.1. The number of hydrogen-bond donors (Lipinski definition) is 2. The lowest BCUT2D eigenvalue weighted by Gasteiger charge is -2.23. The molecule has 10 rings (SSSR count). The van der Waals surface area contributed by atoms with E-state index in [-0.39, 0.29) is 6.04 Å². The lowest BCUT2D eigenvalue weighted by Crippen LogP contribution is -2.23. The number of fused-ring (bicyclic) bond motifs is 6. The van der Waals surface area contributed by atoms with Gasteiger partial charge in [-0.1, -0.05) is 146 Å². The molecule has 4 N–H and O–H groups in total. The van der Waals surface area contributed by atoms with Crippen LogP contribution in [0.2, 0.25) is 0 Å². The maximum atomic E-state index is 7.17. The second kappa shape index (κ2) is 13.9. The molecule has 0 amide bonds. The van der Waals surface area contributed by atoms with Crippen LogP contribution in [-0.2, 0) is 0 Å². The Kier molecular flexibility index (Phi) is 8.28. The molecule has 2 aromatic heterocycles. The molecule has 56 heavy (non-hydrogen) atoms. The van der Waals surface area contributed by atoms with E-state index in [4.69, 9.17) is 16.5 Å². The van der Waals surface area contributed by atoms with Crippen LogP contribution in [0.5, 0.6) is 0 Å². The van der Waals surface area contributed by atoms with Gasteiger partial charge in [0.05, 0.1) is 34.2 Å².